The fraction of sp³-hybridized carbons (Fsp3) is 0.529. The van der Waals surface area contributed by atoms with Crippen LogP contribution in [0.1, 0.15) is 24.4 Å². The molecule has 1 saturated heterocycles. The van der Waals surface area contributed by atoms with Crippen LogP contribution in [-0.4, -0.2) is 33.0 Å². The summed E-state index contributed by atoms with van der Waals surface area (Å²) in [4.78, 5) is 19.9. The van der Waals surface area contributed by atoms with Gasteiger partial charge in [0.05, 0.1) is 5.69 Å². The van der Waals surface area contributed by atoms with Crippen molar-refractivity contribution in [2.24, 2.45) is 17.8 Å². The molecule has 114 valence electrons. The third-order valence-electron chi connectivity index (χ3n) is 5.18. The Balaban J connectivity index is 1.47. The standard InChI is InChI=1S/C17H21N5/c1-12-19-5-4-17(21-12)22-10-14-3-2-13(16(14)11-22)8-15-9-18-6-7-20-15/h4-7,9,13-14,16H,2-3,8,10-11H2,1H3/t13-,14-,16-/m1/s1. The van der Waals surface area contributed by atoms with E-state index in [2.05, 4.69) is 24.8 Å². The third kappa shape index (κ3) is 2.56. The van der Waals surface area contributed by atoms with Crippen LogP contribution in [0.15, 0.2) is 30.9 Å². The van der Waals surface area contributed by atoms with Crippen LogP contribution in [0, 0.1) is 24.7 Å². The fourth-order valence-corrected chi connectivity index (χ4v) is 4.14. The average Bonchev–Trinajstić information content (AvgIpc) is 3.11. The smallest absolute Gasteiger partial charge is 0.132 e. The molecule has 1 aliphatic carbocycles. The second kappa shape index (κ2) is 5.63. The summed E-state index contributed by atoms with van der Waals surface area (Å²) in [5.74, 6) is 4.23. The van der Waals surface area contributed by atoms with Crippen molar-refractivity contribution in [3.05, 3.63) is 42.4 Å². The number of hydrogen-bond acceptors (Lipinski definition) is 5. The lowest BCUT2D eigenvalue weighted by atomic mass is 9.89. The van der Waals surface area contributed by atoms with Crippen molar-refractivity contribution in [1.29, 1.82) is 0 Å². The predicted octanol–water partition coefficient (Wildman–Crippen LogP) is 2.28. The van der Waals surface area contributed by atoms with Crippen LogP contribution < -0.4 is 4.90 Å². The highest BCUT2D eigenvalue weighted by Crippen LogP contribution is 2.44. The van der Waals surface area contributed by atoms with Crippen molar-refractivity contribution in [3.8, 4) is 0 Å². The highest BCUT2D eigenvalue weighted by Gasteiger charge is 2.42. The summed E-state index contributed by atoms with van der Waals surface area (Å²) in [6.07, 6.45) is 11.0. The molecule has 0 N–H and O–H groups in total. The van der Waals surface area contributed by atoms with Crippen LogP contribution in [0.5, 0.6) is 0 Å². The Labute approximate surface area is 130 Å². The lowest BCUT2D eigenvalue weighted by molar-refractivity contribution is 0.373. The van der Waals surface area contributed by atoms with E-state index in [1.165, 1.54) is 12.8 Å². The summed E-state index contributed by atoms with van der Waals surface area (Å²) in [6, 6.07) is 2.03. The number of fused-ring (bicyclic) bond motifs is 1. The van der Waals surface area contributed by atoms with E-state index in [0.29, 0.717) is 0 Å². The van der Waals surface area contributed by atoms with Gasteiger partial charge in [-0.15, -0.1) is 0 Å². The van der Waals surface area contributed by atoms with Crippen molar-refractivity contribution >= 4 is 5.82 Å². The van der Waals surface area contributed by atoms with Gasteiger partial charge in [0.15, 0.2) is 0 Å². The molecule has 1 aliphatic heterocycles. The number of aryl methyl sites for hydroxylation is 1. The molecule has 2 aliphatic rings. The third-order valence-corrected chi connectivity index (χ3v) is 5.18. The van der Waals surface area contributed by atoms with Gasteiger partial charge in [0, 0.05) is 37.9 Å². The number of aromatic nitrogens is 4. The monoisotopic (exact) mass is 295 g/mol. The molecule has 4 rings (SSSR count). The molecule has 0 unspecified atom stereocenters. The lowest BCUT2D eigenvalue weighted by Gasteiger charge is -2.21. The molecule has 0 bridgehead atoms. The summed E-state index contributed by atoms with van der Waals surface area (Å²) in [6.45, 7) is 4.21. The van der Waals surface area contributed by atoms with Crippen molar-refractivity contribution in [1.82, 2.24) is 19.9 Å². The second-order valence-electron chi connectivity index (χ2n) is 6.53. The Hall–Kier alpha value is -2.04. The first kappa shape index (κ1) is 13.6. The summed E-state index contributed by atoms with van der Waals surface area (Å²) in [7, 11) is 0. The Morgan fingerprint density at radius 2 is 2.09 bits per heavy atom. The first-order valence-electron chi connectivity index (χ1n) is 8.09. The molecule has 2 fully saturated rings. The zero-order valence-corrected chi connectivity index (χ0v) is 12.9. The van der Waals surface area contributed by atoms with E-state index < -0.39 is 0 Å². The molecular weight excluding hydrogens is 274 g/mol. The molecule has 5 heteroatoms. The van der Waals surface area contributed by atoms with E-state index in [1.54, 1.807) is 12.4 Å². The molecule has 2 aromatic rings. The van der Waals surface area contributed by atoms with Crippen molar-refractivity contribution in [2.75, 3.05) is 18.0 Å². The number of hydrogen-bond donors (Lipinski definition) is 0. The minimum absolute atomic E-state index is 0.731. The molecule has 22 heavy (non-hydrogen) atoms. The van der Waals surface area contributed by atoms with E-state index >= 15 is 0 Å². The highest BCUT2D eigenvalue weighted by molar-refractivity contribution is 5.39. The molecule has 0 amide bonds. The van der Waals surface area contributed by atoms with Crippen LogP contribution in [0.25, 0.3) is 0 Å². The maximum absolute atomic E-state index is 4.58. The molecular formula is C17H21N5. The molecule has 0 aromatic carbocycles. The summed E-state index contributed by atoms with van der Waals surface area (Å²) in [5, 5.41) is 0. The van der Waals surface area contributed by atoms with Crippen LogP contribution in [-0.2, 0) is 6.42 Å². The fourth-order valence-electron chi connectivity index (χ4n) is 4.14. The zero-order valence-electron chi connectivity index (χ0n) is 12.9. The Bertz CT molecular complexity index is 645. The van der Waals surface area contributed by atoms with Crippen LogP contribution in [0.3, 0.4) is 0 Å². The van der Waals surface area contributed by atoms with E-state index in [1.807, 2.05) is 25.4 Å². The van der Waals surface area contributed by atoms with Crippen LogP contribution in [0.2, 0.25) is 0 Å². The van der Waals surface area contributed by atoms with Crippen molar-refractivity contribution in [3.63, 3.8) is 0 Å². The van der Waals surface area contributed by atoms with Gasteiger partial charge in [-0.25, -0.2) is 9.97 Å². The molecule has 5 nitrogen and oxygen atoms in total. The van der Waals surface area contributed by atoms with Gasteiger partial charge in [-0.3, -0.25) is 9.97 Å². The maximum atomic E-state index is 4.58. The summed E-state index contributed by atoms with van der Waals surface area (Å²) < 4.78 is 0. The lowest BCUT2D eigenvalue weighted by Crippen LogP contribution is -2.24. The molecule has 1 saturated carbocycles. The van der Waals surface area contributed by atoms with E-state index in [9.17, 15) is 0 Å². The van der Waals surface area contributed by atoms with Gasteiger partial charge in [0.25, 0.3) is 0 Å². The van der Waals surface area contributed by atoms with Crippen molar-refractivity contribution < 1.29 is 0 Å². The van der Waals surface area contributed by atoms with Gasteiger partial charge in [0.1, 0.15) is 11.6 Å². The van der Waals surface area contributed by atoms with Gasteiger partial charge < -0.3 is 4.90 Å². The van der Waals surface area contributed by atoms with E-state index in [0.717, 1.165) is 54.6 Å². The minimum Gasteiger partial charge on any atom is -0.356 e. The van der Waals surface area contributed by atoms with Crippen LogP contribution in [0.4, 0.5) is 5.82 Å². The molecule has 3 heterocycles. The molecule has 0 spiro atoms. The van der Waals surface area contributed by atoms with Gasteiger partial charge in [-0.05, 0) is 50.0 Å². The largest absolute Gasteiger partial charge is 0.356 e. The predicted molar refractivity (Wildman–Crippen MR) is 84.4 cm³/mol. The highest BCUT2D eigenvalue weighted by atomic mass is 15.2. The van der Waals surface area contributed by atoms with Gasteiger partial charge in [-0.1, -0.05) is 0 Å². The first-order chi connectivity index (χ1) is 10.8. The minimum atomic E-state index is 0.731. The molecule has 2 aromatic heterocycles. The topological polar surface area (TPSA) is 54.8 Å². The first-order valence-corrected chi connectivity index (χ1v) is 8.09. The van der Waals surface area contributed by atoms with Crippen LogP contribution >= 0.6 is 0 Å². The van der Waals surface area contributed by atoms with Gasteiger partial charge in [0.2, 0.25) is 0 Å². The number of rotatable bonds is 3. The second-order valence-corrected chi connectivity index (χ2v) is 6.53. The number of anilines is 1. The molecule has 3 atom stereocenters. The SMILES string of the molecule is Cc1nccc(N2C[C@H]3CC[C@H](Cc4cnccn4)[C@H]3C2)n1. The quantitative estimate of drug-likeness (QED) is 0.869. The summed E-state index contributed by atoms with van der Waals surface area (Å²) in [5.41, 5.74) is 1.13. The maximum Gasteiger partial charge on any atom is 0.132 e. The zero-order chi connectivity index (χ0) is 14.9. The molecule has 0 radical (unpaired) electrons. The van der Waals surface area contributed by atoms with E-state index in [4.69, 9.17) is 0 Å². The van der Waals surface area contributed by atoms with E-state index in [-0.39, 0.29) is 0 Å². The Kier molecular flexibility index (Phi) is 3.48. The van der Waals surface area contributed by atoms with Gasteiger partial charge in [-0.2, -0.15) is 0 Å². The summed E-state index contributed by atoms with van der Waals surface area (Å²) >= 11 is 0. The van der Waals surface area contributed by atoms with Crippen molar-refractivity contribution in [2.45, 2.75) is 26.2 Å². The normalized spacial score (nSPS) is 27.1. The Morgan fingerprint density at radius 1 is 1.14 bits per heavy atom. The average molecular weight is 295 g/mol. The number of nitrogens with zero attached hydrogens (tertiary/aromatic N) is 5. The Morgan fingerprint density at radius 3 is 2.91 bits per heavy atom. The van der Waals surface area contributed by atoms with Gasteiger partial charge >= 0.3 is 0 Å².